The van der Waals surface area contributed by atoms with E-state index in [-0.39, 0.29) is 11.4 Å². The monoisotopic (exact) mass is 176 g/mol. The van der Waals surface area contributed by atoms with Crippen LogP contribution < -0.4 is 5.73 Å². The van der Waals surface area contributed by atoms with E-state index in [0.29, 0.717) is 12.5 Å². The van der Waals surface area contributed by atoms with Gasteiger partial charge in [0.05, 0.1) is 6.61 Å². The second-order valence-electron chi connectivity index (χ2n) is 3.84. The SMILES string of the molecule is [NH3+]C12CC(CCl)(COC1=O)C2. The Labute approximate surface area is 69.8 Å². The summed E-state index contributed by atoms with van der Waals surface area (Å²) in [6.07, 6.45) is 1.62. The highest BCUT2D eigenvalue weighted by molar-refractivity contribution is 6.18. The summed E-state index contributed by atoms with van der Waals surface area (Å²) >= 11 is 5.75. The molecule has 0 radical (unpaired) electrons. The molecule has 62 valence electrons. The van der Waals surface area contributed by atoms with Gasteiger partial charge in [-0.3, -0.25) is 0 Å². The number of carbonyl (C=O) groups excluding carboxylic acids is 1. The molecule has 1 aliphatic carbocycles. The van der Waals surface area contributed by atoms with Crippen LogP contribution in [0.5, 0.6) is 0 Å². The molecular formula is C7H11ClNO2+. The normalized spacial score (nSPS) is 48.0. The van der Waals surface area contributed by atoms with E-state index in [0.717, 1.165) is 12.8 Å². The molecule has 1 saturated carbocycles. The predicted octanol–water partition coefficient (Wildman–Crippen LogP) is -0.457. The number of quaternary nitrogens is 1. The van der Waals surface area contributed by atoms with Crippen LogP contribution in [-0.2, 0) is 9.53 Å². The largest absolute Gasteiger partial charge is 0.460 e. The first-order valence-corrected chi connectivity index (χ1v) is 4.22. The summed E-state index contributed by atoms with van der Waals surface area (Å²) in [5.74, 6) is 0.432. The van der Waals surface area contributed by atoms with Crippen molar-refractivity contribution < 1.29 is 15.3 Å². The van der Waals surface area contributed by atoms with E-state index in [2.05, 4.69) is 5.73 Å². The van der Waals surface area contributed by atoms with Crippen molar-refractivity contribution in [3.05, 3.63) is 0 Å². The molecule has 0 aromatic carbocycles. The summed E-state index contributed by atoms with van der Waals surface area (Å²) in [5.41, 5.74) is 3.45. The van der Waals surface area contributed by atoms with Gasteiger partial charge in [-0.15, -0.1) is 11.6 Å². The number of hydrogen-bond acceptors (Lipinski definition) is 2. The Balaban J connectivity index is 2.17. The summed E-state index contributed by atoms with van der Waals surface area (Å²) in [5, 5.41) is 0. The van der Waals surface area contributed by atoms with Gasteiger partial charge in [0.25, 0.3) is 0 Å². The van der Waals surface area contributed by atoms with Crippen molar-refractivity contribution >= 4 is 17.6 Å². The summed E-state index contributed by atoms with van der Waals surface area (Å²) in [7, 11) is 0. The smallest absolute Gasteiger partial charge is 0.368 e. The number of halogens is 1. The molecule has 11 heavy (non-hydrogen) atoms. The van der Waals surface area contributed by atoms with Crippen LogP contribution in [-0.4, -0.2) is 24.0 Å². The van der Waals surface area contributed by atoms with Crippen LogP contribution in [0.1, 0.15) is 12.8 Å². The van der Waals surface area contributed by atoms with Crippen molar-refractivity contribution in [2.24, 2.45) is 5.41 Å². The van der Waals surface area contributed by atoms with Gasteiger partial charge >= 0.3 is 5.97 Å². The molecule has 2 heterocycles. The Hall–Kier alpha value is -0.280. The van der Waals surface area contributed by atoms with Gasteiger partial charge in [0.1, 0.15) is 0 Å². The van der Waals surface area contributed by atoms with Crippen molar-refractivity contribution in [1.82, 2.24) is 0 Å². The van der Waals surface area contributed by atoms with Crippen LogP contribution in [0.25, 0.3) is 0 Å². The molecule has 2 aliphatic heterocycles. The van der Waals surface area contributed by atoms with E-state index in [9.17, 15) is 4.79 Å². The van der Waals surface area contributed by atoms with Crippen LogP contribution >= 0.6 is 11.6 Å². The van der Waals surface area contributed by atoms with Crippen LogP contribution in [0, 0.1) is 5.41 Å². The molecule has 0 spiro atoms. The van der Waals surface area contributed by atoms with Crippen LogP contribution in [0.4, 0.5) is 0 Å². The van der Waals surface area contributed by atoms with Crippen LogP contribution in [0.15, 0.2) is 0 Å². The standard InChI is InChI=1S/C7H10ClNO2/c8-3-6-1-7(9,2-6)5(10)11-4-6/h1-4,9H2/p+1. The minimum atomic E-state index is -0.451. The lowest BCUT2D eigenvalue weighted by Gasteiger charge is -2.52. The average Bonchev–Trinajstić information content (AvgIpc) is 1.93. The lowest BCUT2D eigenvalue weighted by atomic mass is 9.57. The fraction of sp³-hybridized carbons (Fsp3) is 0.857. The molecular weight excluding hydrogens is 166 g/mol. The van der Waals surface area contributed by atoms with Gasteiger partial charge in [-0.2, -0.15) is 0 Å². The van der Waals surface area contributed by atoms with Crippen LogP contribution in [0.2, 0.25) is 0 Å². The molecule has 2 bridgehead atoms. The van der Waals surface area contributed by atoms with E-state index in [1.807, 2.05) is 0 Å². The fourth-order valence-corrected chi connectivity index (χ4v) is 2.40. The Kier molecular flexibility index (Phi) is 1.27. The minimum absolute atomic E-state index is 0.0667. The van der Waals surface area contributed by atoms with Gasteiger partial charge in [0.2, 0.25) is 0 Å². The van der Waals surface area contributed by atoms with Crippen molar-refractivity contribution in [1.29, 1.82) is 0 Å². The summed E-state index contributed by atoms with van der Waals surface area (Å²) in [4.78, 5) is 11.1. The molecule has 0 aromatic heterocycles. The molecule has 3 nitrogen and oxygen atoms in total. The zero-order chi connectivity index (χ0) is 8.11. The zero-order valence-electron chi connectivity index (χ0n) is 6.23. The Morgan fingerprint density at radius 2 is 2.27 bits per heavy atom. The Morgan fingerprint density at radius 1 is 1.64 bits per heavy atom. The van der Waals surface area contributed by atoms with E-state index in [1.54, 1.807) is 0 Å². The quantitative estimate of drug-likeness (QED) is 0.435. The molecule has 3 N–H and O–H groups in total. The van der Waals surface area contributed by atoms with Gasteiger partial charge in [0, 0.05) is 24.1 Å². The second kappa shape index (κ2) is 1.90. The van der Waals surface area contributed by atoms with Crippen LogP contribution in [0.3, 0.4) is 0 Å². The summed E-state index contributed by atoms with van der Waals surface area (Å²) < 4.78 is 4.95. The lowest BCUT2D eigenvalue weighted by Crippen LogP contribution is -2.87. The Bertz CT molecular complexity index is 210. The highest BCUT2D eigenvalue weighted by atomic mass is 35.5. The number of carbonyl (C=O) groups is 1. The third kappa shape index (κ3) is 0.811. The first-order chi connectivity index (χ1) is 5.10. The van der Waals surface area contributed by atoms with Gasteiger partial charge < -0.3 is 10.5 Å². The highest BCUT2D eigenvalue weighted by Gasteiger charge is 2.65. The van der Waals surface area contributed by atoms with Gasteiger partial charge in [-0.25, -0.2) is 4.79 Å². The fourth-order valence-electron chi connectivity index (χ4n) is 2.14. The molecule has 2 saturated heterocycles. The van der Waals surface area contributed by atoms with Crippen molar-refractivity contribution in [3.63, 3.8) is 0 Å². The highest BCUT2D eigenvalue weighted by Crippen LogP contribution is 2.50. The number of fused-ring (bicyclic) bond motifs is 2. The minimum Gasteiger partial charge on any atom is -0.460 e. The average molecular weight is 177 g/mol. The van der Waals surface area contributed by atoms with E-state index in [1.165, 1.54) is 0 Å². The Morgan fingerprint density at radius 3 is 2.73 bits per heavy atom. The maximum absolute atomic E-state index is 11.1. The second-order valence-corrected chi connectivity index (χ2v) is 4.11. The maximum atomic E-state index is 11.1. The first kappa shape index (κ1) is 7.37. The first-order valence-electron chi connectivity index (χ1n) is 3.69. The maximum Gasteiger partial charge on any atom is 0.368 e. The zero-order valence-corrected chi connectivity index (χ0v) is 6.99. The molecule has 0 aromatic rings. The van der Waals surface area contributed by atoms with Gasteiger partial charge in [0.15, 0.2) is 5.54 Å². The summed E-state index contributed by atoms with van der Waals surface area (Å²) in [6, 6.07) is 0. The molecule has 3 aliphatic rings. The summed E-state index contributed by atoms with van der Waals surface area (Å²) in [6.45, 7) is 0.493. The molecule has 0 atom stereocenters. The van der Waals surface area contributed by atoms with Crippen molar-refractivity contribution in [3.8, 4) is 0 Å². The van der Waals surface area contributed by atoms with Gasteiger partial charge in [-0.05, 0) is 0 Å². The van der Waals surface area contributed by atoms with Gasteiger partial charge in [-0.1, -0.05) is 0 Å². The number of alkyl halides is 1. The van der Waals surface area contributed by atoms with E-state index < -0.39 is 5.54 Å². The number of hydrogen-bond donors (Lipinski definition) is 1. The molecule has 3 fully saturated rings. The molecule has 0 unspecified atom stereocenters. The third-order valence-corrected chi connectivity index (χ3v) is 3.22. The molecule has 0 amide bonds. The predicted molar refractivity (Wildman–Crippen MR) is 39.0 cm³/mol. The number of ether oxygens (including phenoxy) is 1. The van der Waals surface area contributed by atoms with E-state index in [4.69, 9.17) is 16.3 Å². The van der Waals surface area contributed by atoms with E-state index >= 15 is 0 Å². The number of esters is 1. The molecule has 4 heteroatoms. The molecule has 3 rings (SSSR count). The van der Waals surface area contributed by atoms with Crippen molar-refractivity contribution in [2.75, 3.05) is 12.5 Å². The van der Waals surface area contributed by atoms with Crippen molar-refractivity contribution in [2.45, 2.75) is 18.4 Å². The number of rotatable bonds is 1. The topological polar surface area (TPSA) is 53.9 Å². The lowest BCUT2D eigenvalue weighted by molar-refractivity contribution is -0.507. The third-order valence-electron chi connectivity index (χ3n) is 2.65.